The van der Waals surface area contributed by atoms with Gasteiger partial charge in [-0.25, -0.2) is 4.39 Å². The highest BCUT2D eigenvalue weighted by Gasteiger charge is 2.09. The van der Waals surface area contributed by atoms with Gasteiger partial charge in [-0.1, -0.05) is 47.4 Å². The van der Waals surface area contributed by atoms with E-state index in [0.29, 0.717) is 28.1 Å². The minimum atomic E-state index is -0.325. The Hall–Kier alpha value is -2.65. The first-order valence-corrected chi connectivity index (χ1v) is 10.3. The number of ether oxygens (including phenoxy) is 1. The molecule has 2 N–H and O–H groups in total. The zero-order valence-corrected chi connectivity index (χ0v) is 16.8. The minimum Gasteiger partial charge on any atom is -0.496 e. The number of para-hydroxylation sites is 1. The molecule has 0 saturated heterocycles. The molecule has 1 aromatic heterocycles. The molecule has 146 valence electrons. The minimum absolute atomic E-state index is 0.0743. The number of nitrogens with zero attached hydrogens (tertiary/aromatic N) is 2. The molecule has 0 atom stereocenters. The number of thioether (sulfide) groups is 1. The van der Waals surface area contributed by atoms with Crippen LogP contribution in [0.25, 0.3) is 0 Å². The van der Waals surface area contributed by atoms with Gasteiger partial charge in [-0.2, -0.15) is 0 Å². The average molecular weight is 419 g/mol. The summed E-state index contributed by atoms with van der Waals surface area (Å²) in [5.41, 5.74) is 1.65. The van der Waals surface area contributed by atoms with Crippen molar-refractivity contribution in [1.29, 1.82) is 0 Å². The largest absolute Gasteiger partial charge is 0.496 e. The Kier molecular flexibility index (Phi) is 7.21. The highest BCUT2D eigenvalue weighted by Crippen LogP contribution is 2.27. The second-order valence-corrected chi connectivity index (χ2v) is 7.91. The molecule has 1 heterocycles. The third kappa shape index (κ3) is 5.93. The number of aromatic nitrogens is 2. The number of benzene rings is 2. The summed E-state index contributed by atoms with van der Waals surface area (Å²) in [4.78, 5) is 12.0. The van der Waals surface area contributed by atoms with Crippen molar-refractivity contribution in [3.05, 3.63) is 59.9 Å². The Morgan fingerprint density at radius 1 is 1.21 bits per heavy atom. The second kappa shape index (κ2) is 10.0. The molecule has 2 aromatic carbocycles. The molecule has 1 amide bonds. The quantitative estimate of drug-likeness (QED) is 0.514. The zero-order chi connectivity index (χ0) is 19.8. The van der Waals surface area contributed by atoms with E-state index in [2.05, 4.69) is 20.8 Å². The molecule has 9 heteroatoms. The average Bonchev–Trinajstić information content (AvgIpc) is 3.14. The summed E-state index contributed by atoms with van der Waals surface area (Å²) in [6.45, 7) is 0.530. The fourth-order valence-electron chi connectivity index (χ4n) is 2.43. The van der Waals surface area contributed by atoms with Crippen LogP contribution in [0.4, 0.5) is 15.2 Å². The number of halogens is 1. The van der Waals surface area contributed by atoms with E-state index in [0.717, 1.165) is 11.3 Å². The van der Waals surface area contributed by atoms with Crippen LogP contribution in [-0.4, -0.2) is 35.5 Å². The molecule has 0 spiro atoms. The van der Waals surface area contributed by atoms with Crippen LogP contribution in [0.5, 0.6) is 5.75 Å². The van der Waals surface area contributed by atoms with Crippen molar-refractivity contribution in [2.75, 3.05) is 24.7 Å². The van der Waals surface area contributed by atoms with E-state index in [4.69, 9.17) is 4.74 Å². The standard InChI is InChI=1S/C19H19FN4O2S2/c1-26-16-8-3-2-5-13(16)9-10-21-17(25)12-27-19-24-23-18(28-19)22-15-7-4-6-14(20)11-15/h2-8,11H,9-10,12H2,1H3,(H,21,25)(H,22,23). The van der Waals surface area contributed by atoms with E-state index in [-0.39, 0.29) is 17.5 Å². The van der Waals surface area contributed by atoms with Crippen LogP contribution in [0, 0.1) is 5.82 Å². The maximum Gasteiger partial charge on any atom is 0.230 e. The Morgan fingerprint density at radius 3 is 2.89 bits per heavy atom. The summed E-state index contributed by atoms with van der Waals surface area (Å²) in [7, 11) is 1.63. The van der Waals surface area contributed by atoms with Gasteiger partial charge in [-0.05, 0) is 36.2 Å². The lowest BCUT2D eigenvalue weighted by molar-refractivity contribution is -0.118. The van der Waals surface area contributed by atoms with Gasteiger partial charge >= 0.3 is 0 Å². The molecule has 0 aliphatic carbocycles. The van der Waals surface area contributed by atoms with E-state index < -0.39 is 0 Å². The summed E-state index contributed by atoms with van der Waals surface area (Å²) in [6, 6.07) is 13.8. The number of carbonyl (C=O) groups excluding carboxylic acids is 1. The van der Waals surface area contributed by atoms with Crippen molar-refractivity contribution in [3.63, 3.8) is 0 Å². The molecular weight excluding hydrogens is 399 g/mol. The van der Waals surface area contributed by atoms with Crippen LogP contribution in [0.3, 0.4) is 0 Å². The Labute approximate surface area is 170 Å². The van der Waals surface area contributed by atoms with Crippen molar-refractivity contribution in [3.8, 4) is 5.75 Å². The van der Waals surface area contributed by atoms with Gasteiger partial charge in [0, 0.05) is 12.2 Å². The number of carbonyl (C=O) groups is 1. The molecule has 0 unspecified atom stereocenters. The predicted molar refractivity (Wildman–Crippen MR) is 110 cm³/mol. The number of methoxy groups -OCH3 is 1. The lowest BCUT2D eigenvalue weighted by Crippen LogP contribution is -2.27. The summed E-state index contributed by atoms with van der Waals surface area (Å²) in [5.74, 6) is 0.669. The number of amides is 1. The summed E-state index contributed by atoms with van der Waals surface area (Å²) in [6.07, 6.45) is 0.695. The highest BCUT2D eigenvalue weighted by molar-refractivity contribution is 8.01. The Morgan fingerprint density at radius 2 is 2.07 bits per heavy atom. The third-order valence-corrected chi connectivity index (χ3v) is 5.69. The lowest BCUT2D eigenvalue weighted by Gasteiger charge is -2.08. The smallest absolute Gasteiger partial charge is 0.230 e. The first-order valence-electron chi connectivity index (χ1n) is 8.51. The van der Waals surface area contributed by atoms with Crippen molar-refractivity contribution in [1.82, 2.24) is 15.5 Å². The van der Waals surface area contributed by atoms with Gasteiger partial charge < -0.3 is 15.4 Å². The molecule has 0 bridgehead atoms. The first kappa shape index (κ1) is 20.1. The van der Waals surface area contributed by atoms with Gasteiger partial charge in [0.1, 0.15) is 11.6 Å². The van der Waals surface area contributed by atoms with E-state index in [1.807, 2.05) is 24.3 Å². The fraction of sp³-hybridized carbons (Fsp3) is 0.211. The van der Waals surface area contributed by atoms with E-state index in [1.54, 1.807) is 19.2 Å². The summed E-state index contributed by atoms with van der Waals surface area (Å²) >= 11 is 2.62. The summed E-state index contributed by atoms with van der Waals surface area (Å²) in [5, 5.41) is 14.5. The third-order valence-electron chi connectivity index (χ3n) is 3.72. The molecule has 0 fully saturated rings. The van der Waals surface area contributed by atoms with Crippen molar-refractivity contribution >= 4 is 39.8 Å². The number of hydrogen-bond donors (Lipinski definition) is 2. The summed E-state index contributed by atoms with van der Waals surface area (Å²) < 4.78 is 19.2. The Balaban J connectivity index is 1.42. The lowest BCUT2D eigenvalue weighted by atomic mass is 10.1. The maximum atomic E-state index is 13.2. The predicted octanol–water partition coefficient (Wildman–Crippen LogP) is 3.88. The number of hydrogen-bond acceptors (Lipinski definition) is 7. The molecule has 0 aliphatic heterocycles. The first-order chi connectivity index (χ1) is 13.6. The molecule has 28 heavy (non-hydrogen) atoms. The van der Waals surface area contributed by atoms with E-state index in [9.17, 15) is 9.18 Å². The van der Waals surface area contributed by atoms with Crippen LogP contribution in [0.2, 0.25) is 0 Å². The molecule has 6 nitrogen and oxygen atoms in total. The number of anilines is 2. The SMILES string of the molecule is COc1ccccc1CCNC(=O)CSc1nnc(Nc2cccc(F)c2)s1. The van der Waals surface area contributed by atoms with Crippen molar-refractivity contribution in [2.45, 2.75) is 10.8 Å². The van der Waals surface area contributed by atoms with Crippen LogP contribution < -0.4 is 15.4 Å². The van der Waals surface area contributed by atoms with Gasteiger partial charge in [0.2, 0.25) is 11.0 Å². The molecule has 3 aromatic rings. The van der Waals surface area contributed by atoms with Gasteiger partial charge in [0.25, 0.3) is 0 Å². The second-order valence-electron chi connectivity index (χ2n) is 5.71. The topological polar surface area (TPSA) is 76.1 Å². The van der Waals surface area contributed by atoms with Crippen LogP contribution in [-0.2, 0) is 11.2 Å². The van der Waals surface area contributed by atoms with Crippen LogP contribution in [0.15, 0.2) is 52.9 Å². The molecular formula is C19H19FN4O2S2. The fourth-order valence-corrected chi connectivity index (χ4v) is 4.03. The molecule has 3 rings (SSSR count). The molecule has 0 saturated carbocycles. The maximum absolute atomic E-state index is 13.2. The van der Waals surface area contributed by atoms with Gasteiger partial charge in [-0.15, -0.1) is 10.2 Å². The normalized spacial score (nSPS) is 10.5. The monoisotopic (exact) mass is 418 g/mol. The van der Waals surface area contributed by atoms with Crippen molar-refractivity contribution in [2.24, 2.45) is 0 Å². The number of rotatable bonds is 9. The number of nitrogens with one attached hydrogen (secondary N) is 2. The molecule has 0 radical (unpaired) electrons. The van der Waals surface area contributed by atoms with Gasteiger partial charge in [-0.3, -0.25) is 4.79 Å². The molecule has 0 aliphatic rings. The van der Waals surface area contributed by atoms with Crippen LogP contribution >= 0.6 is 23.1 Å². The highest BCUT2D eigenvalue weighted by atomic mass is 32.2. The Bertz CT molecular complexity index is 936. The van der Waals surface area contributed by atoms with E-state index in [1.165, 1.54) is 35.2 Å². The zero-order valence-electron chi connectivity index (χ0n) is 15.1. The van der Waals surface area contributed by atoms with Gasteiger partial charge in [0.15, 0.2) is 4.34 Å². The van der Waals surface area contributed by atoms with E-state index >= 15 is 0 Å². The van der Waals surface area contributed by atoms with Crippen molar-refractivity contribution < 1.29 is 13.9 Å². The van der Waals surface area contributed by atoms with Crippen LogP contribution in [0.1, 0.15) is 5.56 Å². The van der Waals surface area contributed by atoms with Gasteiger partial charge in [0.05, 0.1) is 12.9 Å².